The molecule has 0 bridgehead atoms. The van der Waals surface area contributed by atoms with E-state index in [0.29, 0.717) is 12.0 Å². The second-order valence-corrected chi connectivity index (χ2v) is 6.62. The molecule has 19 heavy (non-hydrogen) atoms. The highest BCUT2D eigenvalue weighted by molar-refractivity contribution is 7.91. The fraction of sp³-hybridized carbons (Fsp3) is 0.538. The maximum Gasteiger partial charge on any atom is 0.178 e. The van der Waals surface area contributed by atoms with Crippen molar-refractivity contribution in [2.45, 2.75) is 36.8 Å². The van der Waals surface area contributed by atoms with Gasteiger partial charge in [-0.2, -0.15) is 0 Å². The first-order valence-electron chi connectivity index (χ1n) is 6.29. The van der Waals surface area contributed by atoms with Gasteiger partial charge in [0.2, 0.25) is 0 Å². The van der Waals surface area contributed by atoms with Gasteiger partial charge < -0.3 is 15.9 Å². The van der Waals surface area contributed by atoms with Crippen molar-refractivity contribution in [2.24, 2.45) is 5.73 Å². The normalized spacial score (nSPS) is 15.2. The first-order valence-corrected chi connectivity index (χ1v) is 7.94. The molecule has 2 unspecified atom stereocenters. The van der Waals surface area contributed by atoms with Crippen molar-refractivity contribution < 1.29 is 18.6 Å². The maximum atomic E-state index is 11.8. The fourth-order valence-electron chi connectivity index (χ4n) is 1.81. The number of hydrogen-bond acceptors (Lipinski definition) is 5. The molecule has 0 saturated heterocycles. The van der Waals surface area contributed by atoms with Gasteiger partial charge in [0.15, 0.2) is 9.84 Å². The van der Waals surface area contributed by atoms with Crippen molar-refractivity contribution in [2.75, 3.05) is 12.4 Å². The van der Waals surface area contributed by atoms with Crippen molar-refractivity contribution in [3.8, 4) is 0 Å². The highest BCUT2D eigenvalue weighted by Crippen LogP contribution is 2.20. The molecule has 1 aromatic carbocycles. The van der Waals surface area contributed by atoms with Crippen LogP contribution in [0.1, 0.15) is 31.4 Å². The molecule has 4 N–H and O–H groups in total. The molecule has 0 heterocycles. The summed E-state index contributed by atoms with van der Waals surface area (Å²) < 4.78 is 23.7. The Morgan fingerprint density at radius 1 is 1.26 bits per heavy atom. The van der Waals surface area contributed by atoms with E-state index < -0.39 is 22.0 Å². The van der Waals surface area contributed by atoms with Crippen molar-refractivity contribution in [3.05, 3.63) is 29.8 Å². The lowest BCUT2D eigenvalue weighted by atomic mass is 10.0. The summed E-state index contributed by atoms with van der Waals surface area (Å²) in [4.78, 5) is 0.251. The summed E-state index contributed by atoms with van der Waals surface area (Å²) in [6.07, 6.45) is -0.0550. The van der Waals surface area contributed by atoms with Gasteiger partial charge in [-0.05, 0) is 30.5 Å². The molecule has 1 rings (SSSR count). The lowest BCUT2D eigenvalue weighted by Gasteiger charge is -2.18. The second kappa shape index (κ2) is 7.00. The lowest BCUT2D eigenvalue weighted by molar-refractivity contribution is 0.129. The third-order valence-electron chi connectivity index (χ3n) is 2.92. The van der Waals surface area contributed by atoms with Crippen molar-refractivity contribution >= 4 is 9.84 Å². The Bertz CT molecular complexity index is 484. The highest BCUT2D eigenvalue weighted by Gasteiger charge is 2.18. The van der Waals surface area contributed by atoms with Gasteiger partial charge in [-0.15, -0.1) is 0 Å². The fourth-order valence-corrected chi connectivity index (χ4v) is 3.14. The summed E-state index contributed by atoms with van der Waals surface area (Å²) in [6.45, 7) is 1.71. The van der Waals surface area contributed by atoms with Crippen molar-refractivity contribution in [1.82, 2.24) is 0 Å². The van der Waals surface area contributed by atoms with E-state index in [1.165, 1.54) is 12.1 Å². The number of aliphatic hydroxyl groups excluding tert-OH is 2. The molecule has 2 atom stereocenters. The molecule has 0 amide bonds. The molecule has 6 heteroatoms. The van der Waals surface area contributed by atoms with E-state index in [-0.39, 0.29) is 23.7 Å². The molecule has 0 aliphatic heterocycles. The monoisotopic (exact) mass is 287 g/mol. The molecular weight excluding hydrogens is 266 g/mol. The number of rotatable bonds is 7. The van der Waals surface area contributed by atoms with Crippen LogP contribution in [0.15, 0.2) is 29.2 Å². The minimum Gasteiger partial charge on any atom is -0.396 e. The zero-order valence-corrected chi connectivity index (χ0v) is 11.8. The van der Waals surface area contributed by atoms with E-state index in [0.717, 1.165) is 0 Å². The summed E-state index contributed by atoms with van der Waals surface area (Å²) in [7, 11) is -3.24. The molecule has 0 aromatic heterocycles. The van der Waals surface area contributed by atoms with Gasteiger partial charge in [0.05, 0.1) is 16.8 Å². The van der Waals surface area contributed by atoms with Crippen molar-refractivity contribution in [1.29, 1.82) is 0 Å². The molecule has 0 spiro atoms. The molecular formula is C13H21NO4S. The van der Waals surface area contributed by atoms with Gasteiger partial charge in [-0.1, -0.05) is 19.1 Å². The van der Waals surface area contributed by atoms with Crippen molar-refractivity contribution in [3.63, 3.8) is 0 Å². The molecule has 108 valence electrons. The third kappa shape index (κ3) is 4.28. The van der Waals surface area contributed by atoms with Crippen LogP contribution in [0.5, 0.6) is 0 Å². The van der Waals surface area contributed by atoms with Crippen LogP contribution in [0.25, 0.3) is 0 Å². The quantitative estimate of drug-likeness (QED) is 0.682. The summed E-state index contributed by atoms with van der Waals surface area (Å²) in [5.41, 5.74) is 6.26. The molecule has 0 aliphatic carbocycles. The Morgan fingerprint density at radius 2 is 1.84 bits per heavy atom. The number of sulfone groups is 1. The van der Waals surface area contributed by atoms with Crippen LogP contribution in [0.4, 0.5) is 0 Å². The summed E-state index contributed by atoms with van der Waals surface area (Å²) in [6, 6.07) is 5.52. The van der Waals surface area contributed by atoms with Gasteiger partial charge >= 0.3 is 0 Å². The largest absolute Gasteiger partial charge is 0.396 e. The Balaban J connectivity index is 2.87. The summed E-state index contributed by atoms with van der Waals surface area (Å²) >= 11 is 0. The summed E-state index contributed by atoms with van der Waals surface area (Å²) in [5, 5.41) is 18.7. The lowest BCUT2D eigenvalue weighted by Crippen LogP contribution is -2.29. The van der Waals surface area contributed by atoms with Crippen LogP contribution >= 0.6 is 0 Å². The van der Waals surface area contributed by atoms with Gasteiger partial charge in [-0.3, -0.25) is 0 Å². The van der Waals surface area contributed by atoms with E-state index in [4.69, 9.17) is 10.8 Å². The standard InChI is InChI=1S/C13H21NO4S/c1-2-9-19(17,18)11-5-3-10(4-6-11)13(16)12(14)7-8-15/h3-6,12-13,15-16H,2,7-9,14H2,1H3. The molecule has 0 fully saturated rings. The first kappa shape index (κ1) is 16.1. The Labute approximate surface area is 114 Å². The Morgan fingerprint density at radius 3 is 2.32 bits per heavy atom. The predicted octanol–water partition coefficient (Wildman–Crippen LogP) is 0.613. The Kier molecular flexibility index (Phi) is 5.93. The average molecular weight is 287 g/mol. The van der Waals surface area contributed by atoms with Gasteiger partial charge in [-0.25, -0.2) is 8.42 Å². The molecule has 5 nitrogen and oxygen atoms in total. The zero-order chi connectivity index (χ0) is 14.5. The van der Waals surface area contributed by atoms with Crippen LogP contribution in [-0.2, 0) is 9.84 Å². The van der Waals surface area contributed by atoms with E-state index in [9.17, 15) is 13.5 Å². The van der Waals surface area contributed by atoms with Crippen LogP contribution in [0.3, 0.4) is 0 Å². The smallest absolute Gasteiger partial charge is 0.178 e. The second-order valence-electron chi connectivity index (χ2n) is 4.51. The average Bonchev–Trinajstić information content (AvgIpc) is 2.38. The predicted molar refractivity (Wildman–Crippen MR) is 73.4 cm³/mol. The molecule has 0 aliphatic rings. The third-order valence-corrected chi connectivity index (χ3v) is 4.86. The highest BCUT2D eigenvalue weighted by atomic mass is 32.2. The van der Waals surface area contributed by atoms with Gasteiger partial charge in [0, 0.05) is 12.6 Å². The number of aliphatic hydroxyl groups is 2. The number of hydrogen-bond donors (Lipinski definition) is 3. The van der Waals surface area contributed by atoms with Crippen LogP contribution in [-0.4, -0.2) is 37.0 Å². The van der Waals surface area contributed by atoms with Gasteiger partial charge in [0.1, 0.15) is 0 Å². The Hall–Kier alpha value is -0.950. The van der Waals surface area contributed by atoms with E-state index in [2.05, 4.69) is 0 Å². The van der Waals surface area contributed by atoms with Crippen LogP contribution in [0, 0.1) is 0 Å². The van der Waals surface area contributed by atoms with Gasteiger partial charge in [0.25, 0.3) is 0 Å². The van der Waals surface area contributed by atoms with E-state index >= 15 is 0 Å². The minimum absolute atomic E-state index is 0.0960. The van der Waals surface area contributed by atoms with Crippen LogP contribution < -0.4 is 5.73 Å². The molecule has 1 aromatic rings. The first-order chi connectivity index (χ1) is 8.92. The molecule has 0 radical (unpaired) electrons. The van der Waals surface area contributed by atoms with E-state index in [1.54, 1.807) is 12.1 Å². The minimum atomic E-state index is -3.24. The maximum absolute atomic E-state index is 11.8. The zero-order valence-electron chi connectivity index (χ0n) is 11.0. The number of nitrogens with two attached hydrogens (primary N) is 1. The number of benzene rings is 1. The topological polar surface area (TPSA) is 101 Å². The van der Waals surface area contributed by atoms with E-state index in [1.807, 2.05) is 6.92 Å². The SMILES string of the molecule is CCCS(=O)(=O)c1ccc(C(O)C(N)CCO)cc1. The summed E-state index contributed by atoms with van der Waals surface area (Å²) in [5.74, 6) is 0.110. The van der Waals surface area contributed by atoms with Crippen LogP contribution in [0.2, 0.25) is 0 Å². The molecule has 0 saturated carbocycles.